The van der Waals surface area contributed by atoms with E-state index in [0.717, 1.165) is 5.92 Å². The Hall–Kier alpha value is 0.350. The van der Waals surface area contributed by atoms with E-state index in [2.05, 4.69) is 6.92 Å². The third-order valence-corrected chi connectivity index (χ3v) is 2.34. The van der Waals surface area contributed by atoms with Crippen LogP contribution < -0.4 is 0 Å². The van der Waals surface area contributed by atoms with Crippen molar-refractivity contribution in [3.63, 3.8) is 0 Å². The number of hydrogen-bond acceptors (Lipinski definition) is 0. The standard InChI is InChI=1S/C7H13S/c1-2-3-7(8)6-4-5-6/h6-7H,2-5H2,1H3. The molecule has 0 N–H and O–H groups in total. The molecule has 0 aliphatic heterocycles. The Morgan fingerprint density at radius 3 is 2.62 bits per heavy atom. The molecule has 1 unspecified atom stereocenters. The Kier molecular flexibility index (Phi) is 2.24. The first-order valence-electron chi connectivity index (χ1n) is 3.50. The van der Waals surface area contributed by atoms with Gasteiger partial charge in [0.05, 0.1) is 0 Å². The van der Waals surface area contributed by atoms with Crippen LogP contribution in [0.2, 0.25) is 0 Å². The van der Waals surface area contributed by atoms with E-state index in [1.54, 1.807) is 0 Å². The predicted octanol–water partition coefficient (Wildman–Crippen LogP) is 2.76. The minimum absolute atomic E-state index is 0.611. The molecule has 0 aromatic heterocycles. The summed E-state index contributed by atoms with van der Waals surface area (Å²) in [6, 6.07) is 0. The predicted molar refractivity (Wildman–Crippen MR) is 39.0 cm³/mol. The van der Waals surface area contributed by atoms with Crippen molar-refractivity contribution in [3.8, 4) is 0 Å². The molecule has 1 heteroatoms. The largest absolute Gasteiger partial charge is 0.0901 e. The summed E-state index contributed by atoms with van der Waals surface area (Å²) in [4.78, 5) is 0. The van der Waals surface area contributed by atoms with Gasteiger partial charge in [-0.15, -0.1) is 0 Å². The molecule has 1 atom stereocenters. The first-order chi connectivity index (χ1) is 3.84. The molecule has 1 aliphatic carbocycles. The van der Waals surface area contributed by atoms with E-state index < -0.39 is 0 Å². The summed E-state index contributed by atoms with van der Waals surface area (Å²) >= 11 is 5.22. The molecular weight excluding hydrogens is 116 g/mol. The van der Waals surface area contributed by atoms with E-state index in [4.69, 9.17) is 12.6 Å². The minimum atomic E-state index is 0.611. The number of hydrogen-bond donors (Lipinski definition) is 0. The van der Waals surface area contributed by atoms with Crippen LogP contribution in [-0.2, 0) is 0 Å². The molecule has 0 heterocycles. The summed E-state index contributed by atoms with van der Waals surface area (Å²) in [7, 11) is 0. The van der Waals surface area contributed by atoms with Gasteiger partial charge < -0.3 is 0 Å². The lowest BCUT2D eigenvalue weighted by atomic mass is 10.2. The summed E-state index contributed by atoms with van der Waals surface area (Å²) in [5.74, 6) is 0.935. The average Bonchev–Trinajstić information content (AvgIpc) is 2.45. The van der Waals surface area contributed by atoms with E-state index in [-0.39, 0.29) is 0 Å². The van der Waals surface area contributed by atoms with Gasteiger partial charge in [0.1, 0.15) is 0 Å². The summed E-state index contributed by atoms with van der Waals surface area (Å²) < 4.78 is 0. The van der Waals surface area contributed by atoms with Crippen LogP contribution in [0.5, 0.6) is 0 Å². The van der Waals surface area contributed by atoms with Crippen LogP contribution in [0.3, 0.4) is 0 Å². The Morgan fingerprint density at radius 1 is 1.62 bits per heavy atom. The van der Waals surface area contributed by atoms with Gasteiger partial charge in [0.25, 0.3) is 0 Å². The second kappa shape index (κ2) is 2.77. The quantitative estimate of drug-likeness (QED) is 0.549. The average molecular weight is 129 g/mol. The van der Waals surface area contributed by atoms with Crippen LogP contribution >= 0.6 is 12.6 Å². The van der Waals surface area contributed by atoms with Crippen molar-refractivity contribution in [3.05, 3.63) is 0 Å². The topological polar surface area (TPSA) is 0 Å². The van der Waals surface area contributed by atoms with E-state index in [0.29, 0.717) is 5.25 Å². The Morgan fingerprint density at radius 2 is 2.25 bits per heavy atom. The van der Waals surface area contributed by atoms with Crippen molar-refractivity contribution in [1.29, 1.82) is 0 Å². The minimum Gasteiger partial charge on any atom is -0.0901 e. The van der Waals surface area contributed by atoms with Crippen molar-refractivity contribution in [2.45, 2.75) is 37.9 Å². The molecule has 0 saturated heterocycles. The van der Waals surface area contributed by atoms with Crippen molar-refractivity contribution >= 4 is 12.6 Å². The van der Waals surface area contributed by atoms with E-state index >= 15 is 0 Å². The molecule has 1 aliphatic rings. The first kappa shape index (κ1) is 6.47. The second-order valence-electron chi connectivity index (χ2n) is 2.66. The zero-order valence-electron chi connectivity index (χ0n) is 5.39. The smallest absolute Gasteiger partial charge is 0.0179 e. The van der Waals surface area contributed by atoms with Crippen molar-refractivity contribution in [2.75, 3.05) is 0 Å². The van der Waals surface area contributed by atoms with Crippen molar-refractivity contribution < 1.29 is 0 Å². The Bertz CT molecular complexity index is 66.8. The fourth-order valence-corrected chi connectivity index (χ4v) is 1.50. The van der Waals surface area contributed by atoms with Crippen LogP contribution in [0.1, 0.15) is 32.6 Å². The monoisotopic (exact) mass is 129 g/mol. The van der Waals surface area contributed by atoms with Crippen LogP contribution in [0.4, 0.5) is 0 Å². The van der Waals surface area contributed by atoms with Gasteiger partial charge in [-0.2, -0.15) is 0 Å². The molecule has 8 heavy (non-hydrogen) atoms. The van der Waals surface area contributed by atoms with Crippen molar-refractivity contribution in [1.82, 2.24) is 0 Å². The maximum absolute atomic E-state index is 5.22. The van der Waals surface area contributed by atoms with Gasteiger partial charge >= 0.3 is 0 Å². The summed E-state index contributed by atoms with van der Waals surface area (Å²) in [5.41, 5.74) is 0. The molecule has 0 spiro atoms. The van der Waals surface area contributed by atoms with Gasteiger partial charge in [0.15, 0.2) is 0 Å². The lowest BCUT2D eigenvalue weighted by Gasteiger charge is -2.02. The third-order valence-electron chi connectivity index (χ3n) is 1.72. The summed E-state index contributed by atoms with van der Waals surface area (Å²) in [6.07, 6.45) is 5.35. The molecular formula is C7H13S. The van der Waals surface area contributed by atoms with Gasteiger partial charge in [-0.25, -0.2) is 0 Å². The van der Waals surface area contributed by atoms with Gasteiger partial charge in [0.2, 0.25) is 0 Å². The zero-order valence-corrected chi connectivity index (χ0v) is 6.21. The molecule has 47 valence electrons. The van der Waals surface area contributed by atoms with Crippen LogP contribution in [0.25, 0.3) is 0 Å². The van der Waals surface area contributed by atoms with Gasteiger partial charge in [-0.05, 0) is 25.2 Å². The maximum Gasteiger partial charge on any atom is 0.0179 e. The molecule has 1 radical (unpaired) electrons. The molecule has 0 bridgehead atoms. The highest BCUT2D eigenvalue weighted by molar-refractivity contribution is 7.81. The third kappa shape index (κ3) is 1.70. The molecule has 1 saturated carbocycles. The van der Waals surface area contributed by atoms with Gasteiger partial charge in [0, 0.05) is 5.25 Å². The molecule has 0 aromatic rings. The molecule has 1 rings (SSSR count). The molecule has 0 aromatic carbocycles. The molecule has 0 nitrogen and oxygen atoms in total. The lowest BCUT2D eigenvalue weighted by Crippen LogP contribution is -1.98. The highest BCUT2D eigenvalue weighted by atomic mass is 32.1. The first-order valence-corrected chi connectivity index (χ1v) is 3.97. The zero-order chi connectivity index (χ0) is 5.98. The normalized spacial score (nSPS) is 23.2. The highest BCUT2D eigenvalue weighted by Gasteiger charge is 2.27. The van der Waals surface area contributed by atoms with E-state index in [1.165, 1.54) is 25.7 Å². The van der Waals surface area contributed by atoms with E-state index in [9.17, 15) is 0 Å². The second-order valence-corrected chi connectivity index (χ2v) is 3.27. The molecule has 1 fully saturated rings. The van der Waals surface area contributed by atoms with Crippen molar-refractivity contribution in [2.24, 2.45) is 5.92 Å². The highest BCUT2D eigenvalue weighted by Crippen LogP contribution is 2.37. The molecule has 0 amide bonds. The van der Waals surface area contributed by atoms with Crippen LogP contribution in [-0.4, -0.2) is 5.25 Å². The van der Waals surface area contributed by atoms with Gasteiger partial charge in [-0.1, -0.05) is 26.0 Å². The summed E-state index contributed by atoms with van der Waals surface area (Å²) in [6.45, 7) is 2.21. The number of rotatable bonds is 3. The van der Waals surface area contributed by atoms with Gasteiger partial charge in [-0.3, -0.25) is 0 Å². The van der Waals surface area contributed by atoms with Crippen LogP contribution in [0, 0.1) is 5.92 Å². The Balaban J connectivity index is 2.03. The Labute approximate surface area is 57.1 Å². The van der Waals surface area contributed by atoms with E-state index in [1.807, 2.05) is 0 Å². The lowest BCUT2D eigenvalue weighted by molar-refractivity contribution is 0.677. The fraction of sp³-hybridized carbons (Fsp3) is 1.00. The van der Waals surface area contributed by atoms with Crippen LogP contribution in [0.15, 0.2) is 0 Å². The maximum atomic E-state index is 5.22. The fourth-order valence-electron chi connectivity index (χ4n) is 0.988. The SMILES string of the molecule is CCCC([S])C1CC1. The summed E-state index contributed by atoms with van der Waals surface area (Å²) in [5, 5.41) is 0.611.